The quantitative estimate of drug-likeness (QED) is 0.583. The summed E-state index contributed by atoms with van der Waals surface area (Å²) in [7, 11) is 1.55. The van der Waals surface area contributed by atoms with Gasteiger partial charge in [-0.2, -0.15) is 0 Å². The van der Waals surface area contributed by atoms with Gasteiger partial charge >= 0.3 is 5.97 Å². The van der Waals surface area contributed by atoms with Gasteiger partial charge in [-0.3, -0.25) is 4.79 Å². The summed E-state index contributed by atoms with van der Waals surface area (Å²) in [6, 6.07) is 8.30. The van der Waals surface area contributed by atoms with E-state index in [0.717, 1.165) is 11.1 Å². The fraction of sp³-hybridized carbons (Fsp3) is 0.278. The van der Waals surface area contributed by atoms with Crippen molar-refractivity contribution >= 4 is 45.1 Å². The smallest absolute Gasteiger partial charge is 0.320 e. The lowest BCUT2D eigenvalue weighted by atomic mass is 10.2. The number of ether oxygens (including phenoxy) is 2. The van der Waals surface area contributed by atoms with Gasteiger partial charge in [0.15, 0.2) is 11.5 Å². The first-order valence-corrected chi connectivity index (χ1v) is 9.26. The predicted molar refractivity (Wildman–Crippen MR) is 105 cm³/mol. The van der Waals surface area contributed by atoms with Crippen LogP contribution in [0.3, 0.4) is 0 Å². The SMILES string of the molecule is COc1cc(CNC(C)C(=O)O)cc(Br)c1OCc1ccc(Cl)c(Cl)c1. The summed E-state index contributed by atoms with van der Waals surface area (Å²) in [6.45, 7) is 2.26. The maximum absolute atomic E-state index is 10.9. The van der Waals surface area contributed by atoms with Gasteiger partial charge in [-0.15, -0.1) is 0 Å². The molecule has 2 aromatic rings. The highest BCUT2D eigenvalue weighted by Gasteiger charge is 2.14. The number of aliphatic carboxylic acids is 1. The Bertz CT molecular complexity index is 801. The molecule has 1 atom stereocenters. The van der Waals surface area contributed by atoms with E-state index in [2.05, 4.69) is 21.2 Å². The number of rotatable bonds is 8. The van der Waals surface area contributed by atoms with Gasteiger partial charge < -0.3 is 19.9 Å². The molecular weight excluding hydrogens is 445 g/mol. The molecule has 0 amide bonds. The number of carboxylic acids is 1. The van der Waals surface area contributed by atoms with Crippen LogP contribution in [0.2, 0.25) is 10.0 Å². The van der Waals surface area contributed by atoms with Gasteiger partial charge in [0.05, 0.1) is 21.6 Å². The van der Waals surface area contributed by atoms with Crippen LogP contribution in [0.4, 0.5) is 0 Å². The maximum Gasteiger partial charge on any atom is 0.320 e. The number of carboxylic acid groups (broad SMARTS) is 1. The van der Waals surface area contributed by atoms with Crippen LogP contribution in [0.15, 0.2) is 34.8 Å². The maximum atomic E-state index is 10.9. The summed E-state index contributed by atoms with van der Waals surface area (Å²) >= 11 is 15.4. The Labute approximate surface area is 170 Å². The molecule has 5 nitrogen and oxygen atoms in total. The van der Waals surface area contributed by atoms with Crippen LogP contribution in [0.25, 0.3) is 0 Å². The van der Waals surface area contributed by atoms with Gasteiger partial charge in [0.1, 0.15) is 12.6 Å². The van der Waals surface area contributed by atoms with E-state index < -0.39 is 12.0 Å². The summed E-state index contributed by atoms with van der Waals surface area (Å²) in [6.07, 6.45) is 0. The summed E-state index contributed by atoms with van der Waals surface area (Å²) in [4.78, 5) is 10.9. The van der Waals surface area contributed by atoms with E-state index in [9.17, 15) is 4.79 Å². The van der Waals surface area contributed by atoms with Crippen LogP contribution in [-0.2, 0) is 17.9 Å². The van der Waals surface area contributed by atoms with Crippen molar-refractivity contribution in [3.05, 3.63) is 56.0 Å². The predicted octanol–water partition coefficient (Wildman–Crippen LogP) is 4.91. The van der Waals surface area contributed by atoms with Crippen LogP contribution in [0.1, 0.15) is 18.1 Å². The van der Waals surface area contributed by atoms with Crippen molar-refractivity contribution in [2.24, 2.45) is 0 Å². The third-order valence-corrected chi connectivity index (χ3v) is 4.97. The third kappa shape index (κ3) is 5.51. The molecule has 2 rings (SSSR count). The van der Waals surface area contributed by atoms with Crippen molar-refractivity contribution < 1.29 is 19.4 Å². The molecule has 0 aliphatic rings. The molecule has 0 bridgehead atoms. The zero-order chi connectivity index (χ0) is 19.3. The van der Waals surface area contributed by atoms with E-state index in [1.807, 2.05) is 12.1 Å². The van der Waals surface area contributed by atoms with Crippen molar-refractivity contribution in [2.75, 3.05) is 7.11 Å². The Morgan fingerprint density at radius 3 is 2.58 bits per heavy atom. The minimum atomic E-state index is -0.905. The second-order valence-electron chi connectivity index (χ2n) is 5.59. The average molecular weight is 463 g/mol. The zero-order valence-corrected chi connectivity index (χ0v) is 17.3. The fourth-order valence-electron chi connectivity index (χ4n) is 2.16. The van der Waals surface area contributed by atoms with Gasteiger partial charge in [-0.05, 0) is 58.2 Å². The summed E-state index contributed by atoms with van der Waals surface area (Å²) < 4.78 is 12.0. The molecule has 26 heavy (non-hydrogen) atoms. The lowest BCUT2D eigenvalue weighted by molar-refractivity contribution is -0.139. The Kier molecular flexibility index (Phi) is 7.58. The highest BCUT2D eigenvalue weighted by Crippen LogP contribution is 2.37. The van der Waals surface area contributed by atoms with E-state index in [1.165, 1.54) is 0 Å². The Balaban J connectivity index is 2.12. The van der Waals surface area contributed by atoms with Crippen molar-refractivity contribution in [3.8, 4) is 11.5 Å². The van der Waals surface area contributed by atoms with Crippen molar-refractivity contribution in [2.45, 2.75) is 26.1 Å². The molecule has 0 fully saturated rings. The first kappa shape index (κ1) is 20.8. The minimum Gasteiger partial charge on any atom is -0.493 e. The number of hydrogen-bond donors (Lipinski definition) is 2. The number of carbonyl (C=O) groups is 1. The highest BCUT2D eigenvalue weighted by atomic mass is 79.9. The molecule has 0 heterocycles. The number of hydrogen-bond acceptors (Lipinski definition) is 4. The molecule has 140 valence electrons. The normalized spacial score (nSPS) is 11.9. The van der Waals surface area contributed by atoms with Crippen LogP contribution < -0.4 is 14.8 Å². The molecule has 0 aromatic heterocycles. The van der Waals surface area contributed by atoms with Gasteiger partial charge in [0, 0.05) is 6.54 Å². The number of halogens is 3. The number of nitrogens with one attached hydrogen (secondary N) is 1. The molecule has 0 saturated carbocycles. The zero-order valence-electron chi connectivity index (χ0n) is 14.2. The molecule has 0 spiro atoms. The van der Waals surface area contributed by atoms with Crippen molar-refractivity contribution in [1.29, 1.82) is 0 Å². The van der Waals surface area contributed by atoms with Gasteiger partial charge in [0.2, 0.25) is 0 Å². The second kappa shape index (κ2) is 9.46. The standard InChI is InChI=1S/C18H18BrCl2NO4/c1-10(18(23)24)22-8-12-5-13(19)17(16(7-12)25-2)26-9-11-3-4-14(20)15(21)6-11/h3-7,10,22H,8-9H2,1-2H3,(H,23,24). The van der Waals surface area contributed by atoms with Crippen LogP contribution >= 0.6 is 39.1 Å². The summed E-state index contributed by atoms with van der Waals surface area (Å²) in [5.74, 6) is 0.186. The molecule has 2 aromatic carbocycles. The average Bonchev–Trinajstić information content (AvgIpc) is 2.60. The van der Waals surface area contributed by atoms with E-state index in [1.54, 1.807) is 32.2 Å². The number of methoxy groups -OCH3 is 1. The lowest BCUT2D eigenvalue weighted by Gasteiger charge is -2.16. The van der Waals surface area contributed by atoms with E-state index in [4.69, 9.17) is 37.8 Å². The van der Waals surface area contributed by atoms with Crippen molar-refractivity contribution in [3.63, 3.8) is 0 Å². The first-order valence-electron chi connectivity index (χ1n) is 7.71. The Hall–Kier alpha value is -1.47. The van der Waals surface area contributed by atoms with E-state index in [-0.39, 0.29) is 0 Å². The van der Waals surface area contributed by atoms with Gasteiger partial charge in [-0.1, -0.05) is 29.3 Å². The largest absolute Gasteiger partial charge is 0.493 e. The monoisotopic (exact) mass is 461 g/mol. The molecular formula is C18H18BrCl2NO4. The first-order chi connectivity index (χ1) is 12.3. The Morgan fingerprint density at radius 1 is 1.23 bits per heavy atom. The van der Waals surface area contributed by atoms with Crippen LogP contribution in [0, 0.1) is 0 Å². The molecule has 2 N–H and O–H groups in total. The summed E-state index contributed by atoms with van der Waals surface area (Å²) in [5, 5.41) is 12.8. The van der Waals surface area contributed by atoms with Gasteiger partial charge in [0.25, 0.3) is 0 Å². The fourth-order valence-corrected chi connectivity index (χ4v) is 3.08. The molecule has 8 heteroatoms. The third-order valence-electron chi connectivity index (χ3n) is 3.64. The van der Waals surface area contributed by atoms with Crippen molar-refractivity contribution in [1.82, 2.24) is 5.32 Å². The second-order valence-corrected chi connectivity index (χ2v) is 7.26. The highest BCUT2D eigenvalue weighted by molar-refractivity contribution is 9.10. The summed E-state index contributed by atoms with van der Waals surface area (Å²) in [5.41, 5.74) is 1.73. The molecule has 0 radical (unpaired) electrons. The van der Waals surface area contributed by atoms with Crippen LogP contribution in [0.5, 0.6) is 11.5 Å². The molecule has 0 saturated heterocycles. The topological polar surface area (TPSA) is 67.8 Å². The molecule has 1 unspecified atom stereocenters. The minimum absolute atomic E-state index is 0.291. The number of benzene rings is 2. The van der Waals surface area contributed by atoms with Crippen LogP contribution in [-0.4, -0.2) is 24.2 Å². The lowest BCUT2D eigenvalue weighted by Crippen LogP contribution is -2.33. The van der Waals surface area contributed by atoms with Gasteiger partial charge in [-0.25, -0.2) is 0 Å². The molecule has 0 aliphatic carbocycles. The van der Waals surface area contributed by atoms with E-state index in [0.29, 0.717) is 39.2 Å². The molecule has 0 aliphatic heterocycles. The van der Waals surface area contributed by atoms with E-state index >= 15 is 0 Å². The Morgan fingerprint density at radius 2 is 1.96 bits per heavy atom.